The third-order valence-electron chi connectivity index (χ3n) is 1.73. The minimum Gasteiger partial charge on any atom is -0.480 e. The second kappa shape index (κ2) is 6.16. The smallest absolute Gasteiger partial charge is 0.320 e. The molecule has 0 aromatic rings. The molecule has 78 valence electrons. The molecule has 0 heterocycles. The number of rotatable bonds is 5. The highest BCUT2D eigenvalue weighted by molar-refractivity contribution is 5.73. The summed E-state index contributed by atoms with van der Waals surface area (Å²) >= 11 is 0. The number of carboxylic acids is 1. The molecule has 1 atom stereocenters. The van der Waals surface area contributed by atoms with E-state index in [4.69, 9.17) is 10.8 Å². The first-order valence-electron chi connectivity index (χ1n) is 4.44. The predicted molar refractivity (Wildman–Crippen MR) is 57.9 cm³/mol. The third kappa shape index (κ3) is 5.32. The monoisotopic (exact) mass is 195 g/mol. The lowest BCUT2D eigenvalue weighted by atomic mass is 10.1. The van der Waals surface area contributed by atoms with E-state index in [9.17, 15) is 4.79 Å². The first kappa shape index (κ1) is 12.7. The van der Waals surface area contributed by atoms with E-state index in [0.29, 0.717) is 6.42 Å². The summed E-state index contributed by atoms with van der Waals surface area (Å²) in [5, 5.41) is 8.61. The van der Waals surface area contributed by atoms with E-state index in [1.165, 1.54) is 0 Å². The lowest BCUT2D eigenvalue weighted by molar-refractivity contribution is -0.138. The van der Waals surface area contributed by atoms with Gasteiger partial charge in [-0.15, -0.1) is 0 Å². The van der Waals surface area contributed by atoms with Crippen molar-refractivity contribution in [2.45, 2.75) is 26.3 Å². The van der Waals surface area contributed by atoms with Gasteiger partial charge in [-0.05, 0) is 20.3 Å². The maximum Gasteiger partial charge on any atom is 0.320 e. The van der Waals surface area contributed by atoms with Gasteiger partial charge in [-0.2, -0.15) is 0 Å². The van der Waals surface area contributed by atoms with Crippen LogP contribution in [0.4, 0.5) is 0 Å². The molecule has 0 saturated heterocycles. The Hall–Kier alpha value is -1.35. The summed E-state index contributed by atoms with van der Waals surface area (Å²) in [6, 6.07) is -0.837. The van der Waals surface area contributed by atoms with E-state index in [1.54, 1.807) is 0 Å². The van der Waals surface area contributed by atoms with Crippen molar-refractivity contribution in [2.75, 3.05) is 0 Å². The van der Waals surface area contributed by atoms with Crippen LogP contribution in [0.15, 0.2) is 36.0 Å². The Bertz CT molecular complexity index is 277. The van der Waals surface area contributed by atoms with Gasteiger partial charge in [-0.3, -0.25) is 4.79 Å². The summed E-state index contributed by atoms with van der Waals surface area (Å²) in [7, 11) is 0. The molecule has 3 heteroatoms. The number of aliphatic carboxylic acids is 1. The number of carbonyl (C=O) groups is 1. The third-order valence-corrected chi connectivity index (χ3v) is 1.73. The molecule has 0 aromatic carbocycles. The van der Waals surface area contributed by atoms with Crippen molar-refractivity contribution in [1.29, 1.82) is 0 Å². The van der Waals surface area contributed by atoms with Crippen LogP contribution in [0.1, 0.15) is 20.3 Å². The van der Waals surface area contributed by atoms with Gasteiger partial charge in [-0.1, -0.05) is 36.0 Å². The SMILES string of the molecule is C=C(C)/C=C\C(=C/C)CC(N)C(=O)O. The van der Waals surface area contributed by atoms with Crippen LogP contribution in [-0.4, -0.2) is 17.1 Å². The first-order valence-corrected chi connectivity index (χ1v) is 4.44. The minimum absolute atomic E-state index is 0.343. The second-order valence-corrected chi connectivity index (χ2v) is 3.19. The molecule has 0 amide bonds. The van der Waals surface area contributed by atoms with Gasteiger partial charge in [0.05, 0.1) is 0 Å². The van der Waals surface area contributed by atoms with Crippen LogP contribution in [-0.2, 0) is 4.79 Å². The van der Waals surface area contributed by atoms with Gasteiger partial charge in [-0.25, -0.2) is 0 Å². The lowest BCUT2D eigenvalue weighted by Gasteiger charge is -2.06. The van der Waals surface area contributed by atoms with E-state index in [1.807, 2.05) is 32.1 Å². The highest BCUT2D eigenvalue weighted by Gasteiger charge is 2.11. The van der Waals surface area contributed by atoms with Gasteiger partial charge >= 0.3 is 5.97 Å². The molecule has 0 radical (unpaired) electrons. The van der Waals surface area contributed by atoms with Crippen LogP contribution in [0, 0.1) is 0 Å². The summed E-state index contributed by atoms with van der Waals surface area (Å²) in [6.45, 7) is 7.44. The van der Waals surface area contributed by atoms with Crippen molar-refractivity contribution < 1.29 is 9.90 Å². The van der Waals surface area contributed by atoms with Crippen LogP contribution in [0.3, 0.4) is 0 Å². The number of hydrogen-bond donors (Lipinski definition) is 2. The predicted octanol–water partition coefficient (Wildman–Crippen LogP) is 1.87. The molecule has 0 spiro atoms. The first-order chi connectivity index (χ1) is 6.47. The van der Waals surface area contributed by atoms with Crippen LogP contribution in [0.5, 0.6) is 0 Å². The van der Waals surface area contributed by atoms with E-state index >= 15 is 0 Å². The standard InChI is InChI=1S/C11H17NO2/c1-4-9(6-5-8(2)3)7-10(12)11(13)14/h4-6,10H,2,7,12H2,1,3H3,(H,13,14)/b6-5-,9-4+. The van der Waals surface area contributed by atoms with Crippen molar-refractivity contribution in [2.24, 2.45) is 5.73 Å². The van der Waals surface area contributed by atoms with E-state index in [2.05, 4.69) is 6.58 Å². The molecule has 0 bridgehead atoms. The summed E-state index contributed by atoms with van der Waals surface area (Å²) in [4.78, 5) is 10.5. The summed E-state index contributed by atoms with van der Waals surface area (Å²) in [6.07, 6.45) is 5.87. The van der Waals surface area contributed by atoms with Crippen molar-refractivity contribution in [3.05, 3.63) is 36.0 Å². The maximum absolute atomic E-state index is 10.5. The number of allylic oxidation sites excluding steroid dienone is 4. The average molecular weight is 195 g/mol. The molecule has 0 aliphatic rings. The van der Waals surface area contributed by atoms with Crippen LogP contribution in [0.2, 0.25) is 0 Å². The molecular weight excluding hydrogens is 178 g/mol. The zero-order chi connectivity index (χ0) is 11.1. The van der Waals surface area contributed by atoms with Gasteiger partial charge in [0.25, 0.3) is 0 Å². The van der Waals surface area contributed by atoms with Crippen molar-refractivity contribution in [3.63, 3.8) is 0 Å². The van der Waals surface area contributed by atoms with E-state index in [0.717, 1.165) is 11.1 Å². The Morgan fingerprint density at radius 1 is 1.57 bits per heavy atom. The fourth-order valence-electron chi connectivity index (χ4n) is 0.873. The van der Waals surface area contributed by atoms with Crippen LogP contribution < -0.4 is 5.73 Å². The molecule has 3 N–H and O–H groups in total. The van der Waals surface area contributed by atoms with Gasteiger partial charge < -0.3 is 10.8 Å². The maximum atomic E-state index is 10.5. The quantitative estimate of drug-likeness (QED) is 0.658. The molecule has 14 heavy (non-hydrogen) atoms. The van der Waals surface area contributed by atoms with E-state index < -0.39 is 12.0 Å². The highest BCUT2D eigenvalue weighted by atomic mass is 16.4. The molecule has 0 aromatic heterocycles. The Balaban J connectivity index is 4.32. The van der Waals surface area contributed by atoms with Crippen LogP contribution >= 0.6 is 0 Å². The molecule has 3 nitrogen and oxygen atoms in total. The van der Waals surface area contributed by atoms with E-state index in [-0.39, 0.29) is 0 Å². The zero-order valence-corrected chi connectivity index (χ0v) is 8.66. The number of nitrogens with two attached hydrogens (primary N) is 1. The normalized spacial score (nSPS) is 14.4. The molecule has 0 fully saturated rings. The molecule has 1 unspecified atom stereocenters. The molecule has 0 aliphatic heterocycles. The molecular formula is C11H17NO2. The van der Waals surface area contributed by atoms with Crippen molar-refractivity contribution in [1.82, 2.24) is 0 Å². The molecule has 0 aliphatic carbocycles. The molecule has 0 saturated carbocycles. The van der Waals surface area contributed by atoms with Crippen molar-refractivity contribution >= 4 is 5.97 Å². The number of hydrogen-bond acceptors (Lipinski definition) is 2. The summed E-state index contributed by atoms with van der Waals surface area (Å²) in [5.41, 5.74) is 7.23. The Morgan fingerprint density at radius 2 is 2.14 bits per heavy atom. The van der Waals surface area contributed by atoms with Crippen molar-refractivity contribution in [3.8, 4) is 0 Å². The fraction of sp³-hybridized carbons (Fsp3) is 0.364. The highest BCUT2D eigenvalue weighted by Crippen LogP contribution is 2.07. The summed E-state index contributed by atoms with van der Waals surface area (Å²) in [5.74, 6) is -0.979. The largest absolute Gasteiger partial charge is 0.480 e. The Morgan fingerprint density at radius 3 is 2.50 bits per heavy atom. The molecule has 0 rings (SSSR count). The lowest BCUT2D eigenvalue weighted by Crippen LogP contribution is -2.30. The Labute approximate surface area is 84.6 Å². The minimum atomic E-state index is -0.979. The second-order valence-electron chi connectivity index (χ2n) is 3.19. The van der Waals surface area contributed by atoms with Gasteiger partial charge in [0.15, 0.2) is 0 Å². The van der Waals surface area contributed by atoms with Gasteiger partial charge in [0.1, 0.15) is 6.04 Å². The van der Waals surface area contributed by atoms with Gasteiger partial charge in [0.2, 0.25) is 0 Å². The van der Waals surface area contributed by atoms with Crippen LogP contribution in [0.25, 0.3) is 0 Å². The summed E-state index contributed by atoms with van der Waals surface area (Å²) < 4.78 is 0. The fourth-order valence-corrected chi connectivity index (χ4v) is 0.873. The zero-order valence-electron chi connectivity index (χ0n) is 8.66. The Kier molecular flexibility index (Phi) is 5.56. The topological polar surface area (TPSA) is 63.3 Å². The number of carboxylic acid groups (broad SMARTS) is 1. The van der Waals surface area contributed by atoms with Gasteiger partial charge in [0, 0.05) is 0 Å². The average Bonchev–Trinajstić information content (AvgIpc) is 2.11.